The first kappa shape index (κ1) is 11.0. The van der Waals surface area contributed by atoms with Crippen LogP contribution in [0.3, 0.4) is 0 Å². The van der Waals surface area contributed by atoms with Crippen molar-refractivity contribution in [1.82, 2.24) is 0 Å². The first-order valence-corrected chi connectivity index (χ1v) is 5.45. The zero-order valence-electron chi connectivity index (χ0n) is 6.35. The Bertz CT molecular complexity index is 352. The molecule has 1 aromatic rings. The Balaban J connectivity index is 3.38. The molecule has 0 aliphatic carbocycles. The molecular weight excluding hydrogens is 323 g/mol. The van der Waals surface area contributed by atoms with Crippen LogP contribution in [0.1, 0.15) is 15.9 Å². The summed E-state index contributed by atoms with van der Waals surface area (Å²) in [7, 11) is 0. The van der Waals surface area contributed by atoms with E-state index in [9.17, 15) is 4.79 Å². The number of carbonyl (C=O) groups is 1. The number of alkyl halides is 1. The highest BCUT2D eigenvalue weighted by molar-refractivity contribution is 9.11. The van der Waals surface area contributed by atoms with Gasteiger partial charge in [-0.2, -0.15) is 0 Å². The highest BCUT2D eigenvalue weighted by atomic mass is 79.9. The minimum absolute atomic E-state index is 0.180. The van der Waals surface area contributed by atoms with Crippen molar-refractivity contribution in [3.63, 3.8) is 0 Å². The molecular formula is C8H5Br2ClO2. The van der Waals surface area contributed by atoms with E-state index in [4.69, 9.17) is 16.7 Å². The summed E-state index contributed by atoms with van der Waals surface area (Å²) in [5.74, 6) is -0.797. The van der Waals surface area contributed by atoms with Crippen LogP contribution in [-0.2, 0) is 5.88 Å². The molecule has 0 heterocycles. The van der Waals surface area contributed by atoms with Crippen LogP contribution in [0.15, 0.2) is 21.1 Å². The first-order chi connectivity index (χ1) is 6.06. The van der Waals surface area contributed by atoms with Crippen LogP contribution in [0.4, 0.5) is 0 Å². The van der Waals surface area contributed by atoms with E-state index < -0.39 is 5.97 Å². The predicted molar refractivity (Wildman–Crippen MR) is 58.4 cm³/mol. The molecule has 2 nitrogen and oxygen atoms in total. The fourth-order valence-corrected chi connectivity index (χ4v) is 2.67. The smallest absolute Gasteiger partial charge is 0.337 e. The fourth-order valence-electron chi connectivity index (χ4n) is 0.972. The molecule has 0 saturated carbocycles. The summed E-state index contributed by atoms with van der Waals surface area (Å²) in [5, 5.41) is 8.86. The number of hydrogen-bond donors (Lipinski definition) is 1. The maximum atomic E-state index is 10.8. The second-order valence-electron chi connectivity index (χ2n) is 2.36. The molecule has 1 aromatic carbocycles. The van der Waals surface area contributed by atoms with E-state index in [1.54, 1.807) is 12.1 Å². The lowest BCUT2D eigenvalue weighted by atomic mass is 10.1. The average molecular weight is 328 g/mol. The second kappa shape index (κ2) is 4.44. The molecule has 13 heavy (non-hydrogen) atoms. The fraction of sp³-hybridized carbons (Fsp3) is 0.125. The van der Waals surface area contributed by atoms with Gasteiger partial charge in [-0.1, -0.05) is 15.9 Å². The van der Waals surface area contributed by atoms with Crippen LogP contribution in [0, 0.1) is 0 Å². The lowest BCUT2D eigenvalue weighted by molar-refractivity contribution is 0.0695. The van der Waals surface area contributed by atoms with Gasteiger partial charge >= 0.3 is 5.97 Å². The topological polar surface area (TPSA) is 37.3 Å². The summed E-state index contributed by atoms with van der Waals surface area (Å²) < 4.78 is 1.34. The molecule has 0 aromatic heterocycles. The van der Waals surface area contributed by atoms with Crippen molar-refractivity contribution in [1.29, 1.82) is 0 Å². The second-order valence-corrected chi connectivity index (χ2v) is 4.40. The number of hydrogen-bond acceptors (Lipinski definition) is 1. The monoisotopic (exact) mass is 326 g/mol. The molecule has 1 N–H and O–H groups in total. The Morgan fingerprint density at radius 3 is 2.54 bits per heavy atom. The Morgan fingerprint density at radius 1 is 1.46 bits per heavy atom. The maximum absolute atomic E-state index is 10.8. The zero-order valence-corrected chi connectivity index (χ0v) is 10.3. The molecule has 0 fully saturated rings. The number of halogens is 3. The molecule has 0 saturated heterocycles. The number of carboxylic acids is 1. The molecule has 5 heteroatoms. The van der Waals surface area contributed by atoms with Gasteiger partial charge in [0.1, 0.15) is 0 Å². The molecule has 1 rings (SSSR count). The Hall–Kier alpha value is -0.0600. The van der Waals surface area contributed by atoms with Gasteiger partial charge in [-0.25, -0.2) is 4.79 Å². The van der Waals surface area contributed by atoms with Gasteiger partial charge in [-0.15, -0.1) is 11.6 Å². The van der Waals surface area contributed by atoms with Gasteiger partial charge in [0.15, 0.2) is 0 Å². The van der Waals surface area contributed by atoms with E-state index in [1.807, 2.05) is 0 Å². The molecule has 0 unspecified atom stereocenters. The minimum atomic E-state index is -0.977. The third-order valence-corrected chi connectivity index (χ3v) is 2.87. The molecule has 0 atom stereocenters. The van der Waals surface area contributed by atoms with Crippen molar-refractivity contribution >= 4 is 49.4 Å². The summed E-state index contributed by atoms with van der Waals surface area (Å²) in [4.78, 5) is 10.8. The van der Waals surface area contributed by atoms with Gasteiger partial charge < -0.3 is 5.11 Å². The third-order valence-electron chi connectivity index (χ3n) is 1.49. The highest BCUT2D eigenvalue weighted by Gasteiger charge is 2.14. The lowest BCUT2D eigenvalue weighted by Gasteiger charge is -2.05. The molecule has 0 bridgehead atoms. The SMILES string of the molecule is O=C(O)c1c(Br)cc(Br)cc1CCl. The minimum Gasteiger partial charge on any atom is -0.478 e. The average Bonchev–Trinajstić information content (AvgIpc) is 2.01. The van der Waals surface area contributed by atoms with E-state index in [1.165, 1.54) is 0 Å². The predicted octanol–water partition coefficient (Wildman–Crippen LogP) is 3.65. The number of carboxylic acid groups (broad SMARTS) is 1. The van der Waals surface area contributed by atoms with Crippen LogP contribution in [0.5, 0.6) is 0 Å². The Morgan fingerprint density at radius 2 is 2.08 bits per heavy atom. The van der Waals surface area contributed by atoms with Gasteiger partial charge in [0.05, 0.1) is 5.56 Å². The quantitative estimate of drug-likeness (QED) is 0.842. The molecule has 0 radical (unpaired) electrons. The largest absolute Gasteiger partial charge is 0.478 e. The van der Waals surface area contributed by atoms with Gasteiger partial charge in [0.2, 0.25) is 0 Å². The normalized spacial score (nSPS) is 10.1. The van der Waals surface area contributed by atoms with E-state index in [0.29, 0.717) is 10.0 Å². The van der Waals surface area contributed by atoms with Crippen molar-refractivity contribution < 1.29 is 9.90 Å². The van der Waals surface area contributed by atoms with E-state index in [2.05, 4.69) is 31.9 Å². The van der Waals surface area contributed by atoms with Crippen molar-refractivity contribution in [2.45, 2.75) is 5.88 Å². The summed E-state index contributed by atoms with van der Waals surface area (Å²) in [6.45, 7) is 0. The standard InChI is InChI=1S/C8H5Br2ClO2/c9-5-1-4(3-11)7(8(12)13)6(10)2-5/h1-2H,3H2,(H,12,13). The van der Waals surface area contributed by atoms with Gasteiger partial charge in [-0.3, -0.25) is 0 Å². The maximum Gasteiger partial charge on any atom is 0.337 e. The summed E-state index contributed by atoms with van der Waals surface area (Å²) in [6, 6.07) is 3.38. The zero-order chi connectivity index (χ0) is 10.0. The summed E-state index contributed by atoms with van der Waals surface area (Å²) in [6.07, 6.45) is 0. The molecule has 0 amide bonds. The number of aromatic carboxylic acids is 1. The Kier molecular flexibility index (Phi) is 3.76. The van der Waals surface area contributed by atoms with E-state index in [-0.39, 0.29) is 11.4 Å². The van der Waals surface area contributed by atoms with Crippen LogP contribution in [0.2, 0.25) is 0 Å². The molecule has 0 aliphatic heterocycles. The van der Waals surface area contributed by atoms with E-state index >= 15 is 0 Å². The highest BCUT2D eigenvalue weighted by Crippen LogP contribution is 2.27. The van der Waals surface area contributed by atoms with Crippen LogP contribution in [0.25, 0.3) is 0 Å². The van der Waals surface area contributed by atoms with Crippen molar-refractivity contribution in [3.05, 3.63) is 32.2 Å². The van der Waals surface area contributed by atoms with Crippen LogP contribution >= 0.6 is 43.5 Å². The molecule has 0 aliphatic rings. The van der Waals surface area contributed by atoms with Crippen LogP contribution in [-0.4, -0.2) is 11.1 Å². The van der Waals surface area contributed by atoms with Crippen molar-refractivity contribution in [3.8, 4) is 0 Å². The molecule has 0 spiro atoms. The van der Waals surface area contributed by atoms with Gasteiger partial charge in [0, 0.05) is 14.8 Å². The molecule has 70 valence electrons. The third kappa shape index (κ3) is 2.45. The van der Waals surface area contributed by atoms with Crippen LogP contribution < -0.4 is 0 Å². The first-order valence-electron chi connectivity index (χ1n) is 3.33. The lowest BCUT2D eigenvalue weighted by Crippen LogP contribution is -2.02. The number of rotatable bonds is 2. The summed E-state index contributed by atoms with van der Waals surface area (Å²) >= 11 is 12.0. The summed E-state index contributed by atoms with van der Waals surface area (Å²) in [5.41, 5.74) is 0.814. The van der Waals surface area contributed by atoms with Gasteiger partial charge in [0.25, 0.3) is 0 Å². The number of benzene rings is 1. The van der Waals surface area contributed by atoms with Gasteiger partial charge in [-0.05, 0) is 33.6 Å². The van der Waals surface area contributed by atoms with Crippen molar-refractivity contribution in [2.75, 3.05) is 0 Å². The van der Waals surface area contributed by atoms with E-state index in [0.717, 1.165) is 4.47 Å². The Labute approximate surface area is 97.2 Å². The van der Waals surface area contributed by atoms with Crippen molar-refractivity contribution in [2.24, 2.45) is 0 Å².